The summed E-state index contributed by atoms with van der Waals surface area (Å²) in [5.41, 5.74) is 1.21. The highest BCUT2D eigenvalue weighted by Gasteiger charge is 2.33. The summed E-state index contributed by atoms with van der Waals surface area (Å²) in [6.45, 7) is 5.44. The summed E-state index contributed by atoms with van der Waals surface area (Å²) in [5, 5.41) is 4.06. The molecule has 4 rings (SSSR count). The Morgan fingerprint density at radius 2 is 2.32 bits per heavy atom. The Labute approximate surface area is 149 Å². The largest absolute Gasteiger partial charge is 0.467 e. The molecule has 3 aromatic rings. The van der Waals surface area contributed by atoms with Gasteiger partial charge in [0.25, 0.3) is 0 Å². The van der Waals surface area contributed by atoms with E-state index in [4.69, 9.17) is 4.42 Å². The molecule has 4 heterocycles. The fourth-order valence-corrected chi connectivity index (χ4v) is 4.37. The second kappa shape index (κ2) is 6.48. The first-order valence-electron chi connectivity index (χ1n) is 8.42. The number of nitrogens with zero attached hydrogens (tertiary/aromatic N) is 3. The Balaban J connectivity index is 1.60. The maximum absolute atomic E-state index is 12.7. The minimum absolute atomic E-state index is 0.0188. The molecular formula is C18H20N4O2S. The zero-order valence-corrected chi connectivity index (χ0v) is 15.1. The van der Waals surface area contributed by atoms with Crippen molar-refractivity contribution in [2.24, 2.45) is 0 Å². The Bertz CT molecular complexity index is 903. The van der Waals surface area contributed by atoms with Crippen molar-refractivity contribution in [2.45, 2.75) is 39.3 Å². The molecule has 1 saturated heterocycles. The molecule has 3 aromatic heterocycles. The third-order valence-corrected chi connectivity index (χ3v) is 5.91. The van der Waals surface area contributed by atoms with Crippen LogP contribution in [0.15, 0.2) is 29.1 Å². The van der Waals surface area contributed by atoms with Crippen LogP contribution in [0.5, 0.6) is 0 Å². The van der Waals surface area contributed by atoms with Crippen molar-refractivity contribution in [3.8, 4) is 0 Å². The van der Waals surface area contributed by atoms with Gasteiger partial charge in [-0.1, -0.05) is 0 Å². The number of anilines is 1. The molecule has 0 aliphatic carbocycles. The van der Waals surface area contributed by atoms with Gasteiger partial charge in [-0.05, 0) is 44.4 Å². The SMILES string of the molecule is Cc1sc2ncnc(N3CCCC3C(=O)NCc3ccco3)c2c1C. The van der Waals surface area contributed by atoms with Gasteiger partial charge in [0.1, 0.15) is 28.8 Å². The summed E-state index contributed by atoms with van der Waals surface area (Å²) < 4.78 is 5.29. The topological polar surface area (TPSA) is 71.3 Å². The van der Waals surface area contributed by atoms with Gasteiger partial charge in [0, 0.05) is 11.4 Å². The molecule has 1 fully saturated rings. The molecule has 0 aromatic carbocycles. The van der Waals surface area contributed by atoms with Gasteiger partial charge in [-0.25, -0.2) is 9.97 Å². The van der Waals surface area contributed by atoms with Crippen molar-refractivity contribution in [1.29, 1.82) is 0 Å². The third kappa shape index (κ3) is 2.89. The average molecular weight is 356 g/mol. The van der Waals surface area contributed by atoms with Crippen LogP contribution in [-0.4, -0.2) is 28.5 Å². The van der Waals surface area contributed by atoms with Gasteiger partial charge in [-0.2, -0.15) is 0 Å². The van der Waals surface area contributed by atoms with Crippen LogP contribution < -0.4 is 10.2 Å². The minimum Gasteiger partial charge on any atom is -0.467 e. The van der Waals surface area contributed by atoms with Crippen LogP contribution in [0.2, 0.25) is 0 Å². The van der Waals surface area contributed by atoms with Crippen molar-refractivity contribution in [1.82, 2.24) is 15.3 Å². The standard InChI is InChI=1S/C18H20N4O2S/c1-11-12(2)25-18-15(11)16(20-10-21-18)22-7-3-6-14(22)17(23)19-9-13-5-4-8-24-13/h4-5,8,10,14H,3,6-7,9H2,1-2H3,(H,19,23). The number of hydrogen-bond donors (Lipinski definition) is 1. The van der Waals surface area contributed by atoms with E-state index >= 15 is 0 Å². The molecule has 7 heteroatoms. The number of thiophene rings is 1. The Morgan fingerprint density at radius 3 is 3.12 bits per heavy atom. The summed E-state index contributed by atoms with van der Waals surface area (Å²) in [6, 6.07) is 3.48. The molecule has 130 valence electrons. The van der Waals surface area contributed by atoms with Crippen molar-refractivity contribution in [3.05, 3.63) is 40.9 Å². The van der Waals surface area contributed by atoms with Gasteiger partial charge >= 0.3 is 0 Å². The fourth-order valence-electron chi connectivity index (χ4n) is 3.38. The third-order valence-electron chi connectivity index (χ3n) is 4.79. The number of aryl methyl sites for hydroxylation is 2. The van der Waals surface area contributed by atoms with E-state index in [1.807, 2.05) is 12.1 Å². The smallest absolute Gasteiger partial charge is 0.243 e. The highest BCUT2D eigenvalue weighted by atomic mass is 32.1. The summed E-state index contributed by atoms with van der Waals surface area (Å²) >= 11 is 1.68. The van der Waals surface area contributed by atoms with Crippen LogP contribution in [0.3, 0.4) is 0 Å². The van der Waals surface area contributed by atoms with Crippen molar-refractivity contribution >= 4 is 33.3 Å². The highest BCUT2D eigenvalue weighted by Crippen LogP contribution is 2.36. The zero-order chi connectivity index (χ0) is 17.4. The first-order chi connectivity index (χ1) is 12.1. The second-order valence-electron chi connectivity index (χ2n) is 6.31. The minimum atomic E-state index is -0.201. The molecular weight excluding hydrogens is 336 g/mol. The zero-order valence-electron chi connectivity index (χ0n) is 14.3. The lowest BCUT2D eigenvalue weighted by Crippen LogP contribution is -2.43. The highest BCUT2D eigenvalue weighted by molar-refractivity contribution is 7.18. The molecule has 0 spiro atoms. The lowest BCUT2D eigenvalue weighted by Gasteiger charge is -2.25. The molecule has 1 aliphatic heterocycles. The van der Waals surface area contributed by atoms with E-state index in [0.717, 1.165) is 41.2 Å². The van der Waals surface area contributed by atoms with Crippen molar-refractivity contribution in [3.63, 3.8) is 0 Å². The van der Waals surface area contributed by atoms with Crippen LogP contribution in [0.1, 0.15) is 29.0 Å². The van der Waals surface area contributed by atoms with E-state index in [1.54, 1.807) is 23.9 Å². The van der Waals surface area contributed by atoms with Crippen LogP contribution in [0, 0.1) is 13.8 Å². The van der Waals surface area contributed by atoms with Crippen molar-refractivity contribution in [2.75, 3.05) is 11.4 Å². The molecule has 1 N–H and O–H groups in total. The normalized spacial score (nSPS) is 17.4. The fraction of sp³-hybridized carbons (Fsp3) is 0.389. The molecule has 0 saturated carbocycles. The molecule has 6 nitrogen and oxygen atoms in total. The quantitative estimate of drug-likeness (QED) is 0.777. The molecule has 1 aliphatic rings. The number of carbonyl (C=O) groups excluding carboxylic acids is 1. The van der Waals surface area contributed by atoms with E-state index in [-0.39, 0.29) is 11.9 Å². The van der Waals surface area contributed by atoms with Gasteiger partial charge in [-0.3, -0.25) is 4.79 Å². The van der Waals surface area contributed by atoms with Crippen molar-refractivity contribution < 1.29 is 9.21 Å². The number of hydrogen-bond acceptors (Lipinski definition) is 6. The maximum atomic E-state index is 12.7. The Hall–Kier alpha value is -2.41. The summed E-state index contributed by atoms with van der Waals surface area (Å²) in [7, 11) is 0. The molecule has 1 amide bonds. The average Bonchev–Trinajstić information content (AvgIpc) is 3.34. The summed E-state index contributed by atoms with van der Waals surface area (Å²) in [6.07, 6.45) is 5.02. The van der Waals surface area contributed by atoms with Crippen LogP contribution in [0.25, 0.3) is 10.2 Å². The first-order valence-corrected chi connectivity index (χ1v) is 9.24. The number of amides is 1. The van der Waals surface area contributed by atoms with E-state index in [9.17, 15) is 4.79 Å². The van der Waals surface area contributed by atoms with E-state index in [1.165, 1.54) is 10.4 Å². The summed E-state index contributed by atoms with van der Waals surface area (Å²) in [5.74, 6) is 1.65. The van der Waals surface area contributed by atoms with Crippen LogP contribution in [0.4, 0.5) is 5.82 Å². The number of aromatic nitrogens is 2. The van der Waals surface area contributed by atoms with Gasteiger partial charge in [0.15, 0.2) is 0 Å². The Morgan fingerprint density at radius 1 is 1.44 bits per heavy atom. The maximum Gasteiger partial charge on any atom is 0.243 e. The number of carbonyl (C=O) groups is 1. The molecule has 1 unspecified atom stereocenters. The van der Waals surface area contributed by atoms with Gasteiger partial charge in [0.05, 0.1) is 18.2 Å². The number of fused-ring (bicyclic) bond motifs is 1. The van der Waals surface area contributed by atoms with Crippen LogP contribution in [-0.2, 0) is 11.3 Å². The molecule has 0 bridgehead atoms. The molecule has 0 radical (unpaired) electrons. The van der Waals surface area contributed by atoms with Gasteiger partial charge in [0.2, 0.25) is 5.91 Å². The van der Waals surface area contributed by atoms with Gasteiger partial charge in [-0.15, -0.1) is 11.3 Å². The predicted molar refractivity (Wildman–Crippen MR) is 97.8 cm³/mol. The van der Waals surface area contributed by atoms with E-state index in [0.29, 0.717) is 6.54 Å². The monoisotopic (exact) mass is 356 g/mol. The number of furan rings is 1. The lowest BCUT2D eigenvalue weighted by molar-refractivity contribution is -0.122. The molecule has 25 heavy (non-hydrogen) atoms. The number of nitrogens with one attached hydrogen (secondary N) is 1. The summed E-state index contributed by atoms with van der Waals surface area (Å²) in [4.78, 5) is 26.0. The van der Waals surface area contributed by atoms with Crippen LogP contribution >= 0.6 is 11.3 Å². The molecule has 1 atom stereocenters. The van der Waals surface area contributed by atoms with Gasteiger partial charge < -0.3 is 14.6 Å². The second-order valence-corrected chi connectivity index (χ2v) is 7.51. The Kier molecular flexibility index (Phi) is 4.17. The van der Waals surface area contributed by atoms with E-state index < -0.39 is 0 Å². The predicted octanol–water partition coefficient (Wildman–Crippen LogP) is 3.19. The van der Waals surface area contributed by atoms with E-state index in [2.05, 4.69) is 34.0 Å². The first kappa shape index (κ1) is 16.1. The number of rotatable bonds is 4. The lowest BCUT2D eigenvalue weighted by atomic mass is 10.1.